The summed E-state index contributed by atoms with van der Waals surface area (Å²) in [6, 6.07) is 0.791. The fourth-order valence-electron chi connectivity index (χ4n) is 4.24. The highest BCUT2D eigenvalue weighted by Gasteiger charge is 2.30. The third-order valence-electron chi connectivity index (χ3n) is 5.70. The van der Waals surface area contributed by atoms with Gasteiger partial charge >= 0.3 is 0 Å². The Hall–Kier alpha value is -1.16. The summed E-state index contributed by atoms with van der Waals surface area (Å²) < 4.78 is 0. The number of aromatic amines is 1. The van der Waals surface area contributed by atoms with Crippen molar-refractivity contribution in [3.8, 4) is 0 Å². The van der Waals surface area contributed by atoms with Gasteiger partial charge in [-0.2, -0.15) is 0 Å². The van der Waals surface area contributed by atoms with Crippen molar-refractivity contribution in [1.29, 1.82) is 0 Å². The molecule has 21 heavy (non-hydrogen) atoms. The average molecular weight is 287 g/mol. The minimum absolute atomic E-state index is 0.138. The first-order valence-electron chi connectivity index (χ1n) is 8.67. The zero-order valence-corrected chi connectivity index (χ0v) is 12.7. The van der Waals surface area contributed by atoms with Crippen LogP contribution in [-0.2, 0) is 12.8 Å². The van der Waals surface area contributed by atoms with Crippen molar-refractivity contribution in [3.05, 3.63) is 27.4 Å². The second-order valence-corrected chi connectivity index (χ2v) is 6.98. The Balaban J connectivity index is 1.49. The Morgan fingerprint density at radius 3 is 2.48 bits per heavy atom. The van der Waals surface area contributed by atoms with Crippen molar-refractivity contribution < 1.29 is 0 Å². The van der Waals surface area contributed by atoms with E-state index in [9.17, 15) is 4.79 Å². The molecule has 114 valence electrons. The number of nitrogens with one attached hydrogen (secondary N) is 1. The van der Waals surface area contributed by atoms with Crippen LogP contribution in [0.15, 0.2) is 4.79 Å². The third kappa shape index (κ3) is 2.54. The third-order valence-corrected chi connectivity index (χ3v) is 5.70. The van der Waals surface area contributed by atoms with Crippen LogP contribution < -0.4 is 5.56 Å². The summed E-state index contributed by atoms with van der Waals surface area (Å²) in [4.78, 5) is 22.8. The maximum Gasteiger partial charge on any atom is 0.254 e. The molecule has 1 N–H and O–H groups in total. The van der Waals surface area contributed by atoms with E-state index in [4.69, 9.17) is 4.98 Å². The summed E-state index contributed by atoms with van der Waals surface area (Å²) in [5, 5.41) is 0. The van der Waals surface area contributed by atoms with Crippen molar-refractivity contribution in [2.45, 2.75) is 69.7 Å². The van der Waals surface area contributed by atoms with Gasteiger partial charge in [0.2, 0.25) is 0 Å². The van der Waals surface area contributed by atoms with E-state index in [1.807, 2.05) is 0 Å². The van der Waals surface area contributed by atoms with E-state index in [-0.39, 0.29) is 5.56 Å². The molecule has 4 nitrogen and oxygen atoms in total. The van der Waals surface area contributed by atoms with Crippen LogP contribution in [0.25, 0.3) is 0 Å². The van der Waals surface area contributed by atoms with Crippen molar-refractivity contribution in [2.75, 3.05) is 13.1 Å². The molecule has 4 rings (SSSR count). The minimum Gasteiger partial charge on any atom is -0.310 e. The topological polar surface area (TPSA) is 49.0 Å². The molecule has 2 fully saturated rings. The smallest absolute Gasteiger partial charge is 0.254 e. The van der Waals surface area contributed by atoms with Gasteiger partial charge in [0.25, 0.3) is 5.56 Å². The fraction of sp³-hybridized carbons (Fsp3) is 0.765. The summed E-state index contributed by atoms with van der Waals surface area (Å²) in [5.41, 5.74) is 2.18. The van der Waals surface area contributed by atoms with Gasteiger partial charge in [0.05, 0.1) is 5.69 Å². The standard InChI is InChI=1S/C17H25N3O/c21-17-14-4-1-2-5-15(14)18-16(19-17)12-6-8-13(9-7-12)20-10-3-11-20/h12-13H,1-11H2,(H,18,19,21). The van der Waals surface area contributed by atoms with Gasteiger partial charge in [-0.3, -0.25) is 4.79 Å². The summed E-state index contributed by atoms with van der Waals surface area (Å²) in [6.45, 7) is 2.59. The molecule has 0 bridgehead atoms. The number of H-pyrrole nitrogens is 1. The Labute approximate surface area is 126 Å². The van der Waals surface area contributed by atoms with Crippen LogP contribution in [0.2, 0.25) is 0 Å². The molecule has 2 aliphatic carbocycles. The highest BCUT2D eigenvalue weighted by molar-refractivity contribution is 5.21. The van der Waals surface area contributed by atoms with Crippen LogP contribution in [0.5, 0.6) is 0 Å². The van der Waals surface area contributed by atoms with Gasteiger partial charge in [-0.05, 0) is 70.9 Å². The lowest BCUT2D eigenvalue weighted by atomic mass is 9.83. The summed E-state index contributed by atoms with van der Waals surface area (Å²) in [7, 11) is 0. The van der Waals surface area contributed by atoms with Gasteiger partial charge < -0.3 is 9.88 Å². The number of nitrogens with zero attached hydrogens (tertiary/aromatic N) is 2. The zero-order chi connectivity index (χ0) is 14.2. The second kappa shape index (κ2) is 5.56. The molecule has 0 spiro atoms. The van der Waals surface area contributed by atoms with Crippen LogP contribution in [0.1, 0.15) is 67.9 Å². The van der Waals surface area contributed by atoms with Gasteiger partial charge in [0.15, 0.2) is 0 Å². The fourth-order valence-corrected chi connectivity index (χ4v) is 4.24. The van der Waals surface area contributed by atoms with Gasteiger partial charge in [-0.1, -0.05) is 0 Å². The summed E-state index contributed by atoms with van der Waals surface area (Å²) in [5.74, 6) is 1.45. The number of aromatic nitrogens is 2. The maximum atomic E-state index is 12.3. The monoisotopic (exact) mass is 287 g/mol. The molecule has 1 saturated heterocycles. The van der Waals surface area contributed by atoms with Crippen LogP contribution >= 0.6 is 0 Å². The minimum atomic E-state index is 0.138. The Morgan fingerprint density at radius 2 is 1.76 bits per heavy atom. The largest absolute Gasteiger partial charge is 0.310 e. The van der Waals surface area contributed by atoms with Gasteiger partial charge in [-0.15, -0.1) is 0 Å². The van der Waals surface area contributed by atoms with Gasteiger partial charge in [0, 0.05) is 17.5 Å². The van der Waals surface area contributed by atoms with Crippen molar-refractivity contribution in [2.24, 2.45) is 0 Å². The highest BCUT2D eigenvalue weighted by atomic mass is 16.1. The van der Waals surface area contributed by atoms with Gasteiger partial charge in [-0.25, -0.2) is 4.98 Å². The number of fused-ring (bicyclic) bond motifs is 1. The SMILES string of the molecule is O=c1[nH]c(C2CCC(N3CCC3)CC2)nc2c1CCCC2. The molecular weight excluding hydrogens is 262 g/mol. The van der Waals surface area contributed by atoms with Crippen LogP contribution in [-0.4, -0.2) is 34.0 Å². The Kier molecular flexibility index (Phi) is 3.57. The maximum absolute atomic E-state index is 12.3. The van der Waals surface area contributed by atoms with E-state index < -0.39 is 0 Å². The highest BCUT2D eigenvalue weighted by Crippen LogP contribution is 2.34. The first-order chi connectivity index (χ1) is 10.3. The normalized spacial score (nSPS) is 29.7. The lowest BCUT2D eigenvalue weighted by Crippen LogP contribution is -2.46. The molecule has 1 aliphatic heterocycles. The molecular formula is C17H25N3O. The Bertz CT molecular complexity index is 568. The molecule has 0 aromatic carbocycles. The number of likely N-dealkylation sites (tertiary alicyclic amines) is 1. The molecule has 0 atom stereocenters. The first kappa shape index (κ1) is 13.5. The number of hydrogen-bond donors (Lipinski definition) is 1. The van der Waals surface area contributed by atoms with Crippen LogP contribution in [0.3, 0.4) is 0 Å². The molecule has 0 radical (unpaired) electrons. The number of rotatable bonds is 2. The quantitative estimate of drug-likeness (QED) is 0.908. The summed E-state index contributed by atoms with van der Waals surface area (Å²) >= 11 is 0. The molecule has 2 heterocycles. The van der Waals surface area contributed by atoms with E-state index >= 15 is 0 Å². The lowest BCUT2D eigenvalue weighted by molar-refractivity contribution is 0.0862. The molecule has 0 amide bonds. The number of hydrogen-bond acceptors (Lipinski definition) is 3. The zero-order valence-electron chi connectivity index (χ0n) is 12.7. The summed E-state index contributed by atoms with van der Waals surface area (Å²) in [6.07, 6.45) is 10.5. The predicted octanol–water partition coefficient (Wildman–Crippen LogP) is 2.38. The van der Waals surface area contributed by atoms with E-state index in [1.165, 1.54) is 51.6 Å². The van der Waals surface area contributed by atoms with Crippen LogP contribution in [0.4, 0.5) is 0 Å². The van der Waals surface area contributed by atoms with Crippen molar-refractivity contribution >= 4 is 0 Å². The second-order valence-electron chi connectivity index (χ2n) is 6.98. The lowest BCUT2D eigenvalue weighted by Gasteiger charge is -2.41. The molecule has 1 aromatic heterocycles. The van der Waals surface area contributed by atoms with E-state index in [1.54, 1.807) is 0 Å². The van der Waals surface area contributed by atoms with E-state index in [0.717, 1.165) is 42.4 Å². The number of aryl methyl sites for hydroxylation is 1. The predicted molar refractivity (Wildman–Crippen MR) is 82.7 cm³/mol. The van der Waals surface area contributed by atoms with E-state index in [0.29, 0.717) is 5.92 Å². The molecule has 1 aromatic rings. The molecule has 1 saturated carbocycles. The van der Waals surface area contributed by atoms with Crippen molar-refractivity contribution in [3.63, 3.8) is 0 Å². The van der Waals surface area contributed by atoms with Crippen molar-refractivity contribution in [1.82, 2.24) is 14.9 Å². The average Bonchev–Trinajstić information content (AvgIpc) is 2.46. The van der Waals surface area contributed by atoms with Gasteiger partial charge in [0.1, 0.15) is 5.82 Å². The first-order valence-corrected chi connectivity index (χ1v) is 8.67. The molecule has 3 aliphatic rings. The van der Waals surface area contributed by atoms with E-state index in [2.05, 4.69) is 9.88 Å². The molecule has 0 unspecified atom stereocenters. The Morgan fingerprint density at radius 1 is 1.00 bits per heavy atom. The van der Waals surface area contributed by atoms with Crippen LogP contribution in [0, 0.1) is 0 Å². The molecule has 4 heteroatoms.